The summed E-state index contributed by atoms with van der Waals surface area (Å²) in [6.07, 6.45) is 7.79. The fraction of sp³-hybridized carbons (Fsp3) is 0.118. The predicted octanol–water partition coefficient (Wildman–Crippen LogP) is 6.84. The molecule has 2 amide bonds. The van der Waals surface area contributed by atoms with E-state index in [9.17, 15) is 9.59 Å². The van der Waals surface area contributed by atoms with Crippen LogP contribution in [-0.2, 0) is 55.9 Å². The molecular weight excluding hydrogens is 641 g/mol. The van der Waals surface area contributed by atoms with E-state index in [1.54, 1.807) is 43.3 Å². The van der Waals surface area contributed by atoms with Crippen molar-refractivity contribution in [1.29, 1.82) is 0 Å². The van der Waals surface area contributed by atoms with Gasteiger partial charge in [-0.1, -0.05) is 66.7 Å². The zero-order valence-electron chi connectivity index (χ0n) is 25.4. The number of carbonyl (C=O) groups is 2. The fourth-order valence-electron chi connectivity index (χ4n) is 4.17. The Morgan fingerprint density at radius 3 is 2.27 bits per heavy atom. The third kappa shape index (κ3) is 10.1. The van der Waals surface area contributed by atoms with Crippen LogP contribution in [0.4, 0.5) is 22.9 Å². The van der Waals surface area contributed by atoms with Crippen molar-refractivity contribution in [3.8, 4) is 22.3 Å². The van der Waals surface area contributed by atoms with Gasteiger partial charge in [0.15, 0.2) is 0 Å². The molecule has 0 saturated heterocycles. The summed E-state index contributed by atoms with van der Waals surface area (Å²) in [5.74, 6) is 0.195. The van der Waals surface area contributed by atoms with E-state index < -0.39 is 0 Å². The standard InChI is InChI=1S/C18H20N3O.C16H15N5O.Y/c1-14(12-20-13-15-8-4-3-5-9-15)18(22)21-17-11-7-6-10-16(17)19-2;1-21-9-13(8-20-21)12-6-15(16(17)18-7-12)11-2-4-14(5-3-11)19-10-22;/h3-12H,13H2,1-2H3,(H2,20,21,22);2-10H,1H3,(H2,17,18)(H,19,22);/q-1;;/p-1. The van der Waals surface area contributed by atoms with Gasteiger partial charge < -0.3 is 31.8 Å². The van der Waals surface area contributed by atoms with Crippen molar-refractivity contribution in [2.75, 3.05) is 18.1 Å². The number of nitrogens with zero attached hydrogens (tertiary/aromatic N) is 5. The van der Waals surface area contributed by atoms with E-state index in [0.29, 0.717) is 35.7 Å². The van der Waals surface area contributed by atoms with Crippen LogP contribution in [0.5, 0.6) is 0 Å². The van der Waals surface area contributed by atoms with Gasteiger partial charge in [0.1, 0.15) is 5.82 Å². The SMILES string of the molecule is C[N-]c1ccccc1[N-]C(=O)/C(C)=C\NCc1ccccc1.Cn1cc(-c2cnc(N)c(-c3ccc(NC=O)cc3)c2)cn1.[Y]. The summed E-state index contributed by atoms with van der Waals surface area (Å²) < 4.78 is 1.74. The molecule has 0 saturated carbocycles. The second-order valence-corrected chi connectivity index (χ2v) is 9.72. The Morgan fingerprint density at radius 2 is 1.62 bits per heavy atom. The molecular formula is C34H34N8O2Y-2. The number of aryl methyl sites for hydroxylation is 1. The summed E-state index contributed by atoms with van der Waals surface area (Å²) in [6.45, 7) is 2.42. The van der Waals surface area contributed by atoms with Crippen molar-refractivity contribution in [2.45, 2.75) is 13.5 Å². The minimum absolute atomic E-state index is 0. The Bertz CT molecular complexity index is 1720. The molecule has 2 aromatic heterocycles. The summed E-state index contributed by atoms with van der Waals surface area (Å²) in [5, 5.41) is 18.1. The summed E-state index contributed by atoms with van der Waals surface area (Å²) in [4.78, 5) is 26.8. The first-order valence-corrected chi connectivity index (χ1v) is 13.8. The number of carbonyl (C=O) groups excluding carboxylic acids is 2. The van der Waals surface area contributed by atoms with Gasteiger partial charge in [0.25, 0.3) is 0 Å². The Kier molecular flexibility index (Phi) is 13.5. The minimum Gasteiger partial charge on any atom is -0.688 e. The maximum absolute atomic E-state index is 12.1. The normalized spacial score (nSPS) is 10.4. The van der Waals surface area contributed by atoms with Crippen LogP contribution < -0.4 is 16.4 Å². The molecule has 10 nitrogen and oxygen atoms in total. The summed E-state index contributed by atoms with van der Waals surface area (Å²) >= 11 is 0. The van der Waals surface area contributed by atoms with Crippen molar-refractivity contribution in [3.05, 3.63) is 131 Å². The van der Waals surface area contributed by atoms with Crippen molar-refractivity contribution < 1.29 is 42.3 Å². The molecule has 11 heteroatoms. The number of aromatic nitrogens is 3. The van der Waals surface area contributed by atoms with E-state index in [1.807, 2.05) is 92.1 Å². The number of hydrogen-bond donors (Lipinski definition) is 3. The topological polar surface area (TPSA) is 143 Å². The fourth-order valence-corrected chi connectivity index (χ4v) is 4.17. The Labute approximate surface area is 288 Å². The monoisotopic (exact) mass is 675 g/mol. The van der Waals surface area contributed by atoms with Gasteiger partial charge in [0, 0.05) is 87.3 Å². The van der Waals surface area contributed by atoms with E-state index in [4.69, 9.17) is 5.73 Å². The third-order valence-electron chi connectivity index (χ3n) is 6.53. The quantitative estimate of drug-likeness (QED) is 0.109. The average Bonchev–Trinajstić information content (AvgIpc) is 3.49. The molecule has 0 bridgehead atoms. The molecule has 5 rings (SSSR count). The number of nitrogens with one attached hydrogen (secondary N) is 2. The molecule has 0 fully saturated rings. The number of amides is 2. The molecule has 45 heavy (non-hydrogen) atoms. The number of para-hydroxylation sites is 2. The van der Waals surface area contributed by atoms with Crippen LogP contribution in [0, 0.1) is 0 Å². The molecule has 0 aliphatic carbocycles. The molecule has 0 unspecified atom stereocenters. The zero-order valence-corrected chi connectivity index (χ0v) is 28.2. The molecule has 1 radical (unpaired) electrons. The molecule has 0 aliphatic rings. The van der Waals surface area contributed by atoms with Crippen molar-refractivity contribution in [1.82, 2.24) is 20.1 Å². The maximum atomic E-state index is 12.1. The Morgan fingerprint density at radius 1 is 0.933 bits per heavy atom. The summed E-state index contributed by atoms with van der Waals surface area (Å²) in [6, 6.07) is 26.7. The van der Waals surface area contributed by atoms with Crippen LogP contribution in [0.2, 0.25) is 0 Å². The molecule has 4 N–H and O–H groups in total. The van der Waals surface area contributed by atoms with Gasteiger partial charge in [0.05, 0.1) is 12.1 Å². The van der Waals surface area contributed by atoms with E-state index in [-0.39, 0.29) is 38.6 Å². The number of anilines is 2. The van der Waals surface area contributed by atoms with Gasteiger partial charge in [-0.2, -0.15) is 10.8 Å². The molecule has 0 atom stereocenters. The van der Waals surface area contributed by atoms with E-state index in [2.05, 4.69) is 31.3 Å². The van der Waals surface area contributed by atoms with Crippen LogP contribution in [-0.4, -0.2) is 34.1 Å². The van der Waals surface area contributed by atoms with Gasteiger partial charge >= 0.3 is 0 Å². The molecule has 227 valence electrons. The molecule has 0 aliphatic heterocycles. The average molecular weight is 676 g/mol. The number of benzene rings is 3. The Balaban J connectivity index is 0.000000240. The van der Waals surface area contributed by atoms with E-state index >= 15 is 0 Å². The second kappa shape index (κ2) is 17.5. The van der Waals surface area contributed by atoms with Crippen LogP contribution in [0.3, 0.4) is 0 Å². The second-order valence-electron chi connectivity index (χ2n) is 9.72. The van der Waals surface area contributed by atoms with Crippen molar-refractivity contribution in [2.24, 2.45) is 7.05 Å². The van der Waals surface area contributed by atoms with Crippen LogP contribution in [0.1, 0.15) is 12.5 Å². The smallest absolute Gasteiger partial charge is 0.211 e. The summed E-state index contributed by atoms with van der Waals surface area (Å²) in [7, 11) is 3.55. The first-order valence-electron chi connectivity index (χ1n) is 13.8. The van der Waals surface area contributed by atoms with Crippen LogP contribution in [0.25, 0.3) is 32.9 Å². The van der Waals surface area contributed by atoms with Gasteiger partial charge in [0.2, 0.25) is 6.41 Å². The third-order valence-corrected chi connectivity index (χ3v) is 6.53. The minimum atomic E-state index is -0.267. The number of hydrogen-bond acceptors (Lipinski definition) is 6. The molecule has 0 spiro atoms. The number of nitrogen functional groups attached to an aromatic ring is 1. The van der Waals surface area contributed by atoms with E-state index in [1.165, 1.54) is 0 Å². The molecule has 2 heterocycles. The van der Waals surface area contributed by atoms with Gasteiger partial charge in [-0.25, -0.2) is 4.98 Å². The van der Waals surface area contributed by atoms with Gasteiger partial charge in [-0.3, -0.25) is 9.48 Å². The van der Waals surface area contributed by atoms with Gasteiger partial charge in [-0.05, 0) is 41.8 Å². The largest absolute Gasteiger partial charge is 0.688 e. The number of pyridine rings is 1. The number of nitrogens with two attached hydrogens (primary N) is 1. The van der Waals surface area contributed by atoms with Crippen molar-refractivity contribution >= 4 is 35.2 Å². The summed E-state index contributed by atoms with van der Waals surface area (Å²) in [5.41, 5.74) is 13.5. The first-order chi connectivity index (χ1) is 21.4. The number of rotatable bonds is 10. The zero-order chi connectivity index (χ0) is 31.3. The molecule has 3 aromatic carbocycles. The predicted molar refractivity (Wildman–Crippen MR) is 176 cm³/mol. The van der Waals surface area contributed by atoms with Crippen molar-refractivity contribution in [3.63, 3.8) is 0 Å². The van der Waals surface area contributed by atoms with Crippen LogP contribution in [0.15, 0.2) is 115 Å². The Hall–Kier alpha value is -4.80. The van der Waals surface area contributed by atoms with E-state index in [0.717, 1.165) is 33.5 Å². The first kappa shape index (κ1) is 34.7. The maximum Gasteiger partial charge on any atom is 0.211 e. The van der Waals surface area contributed by atoms with Gasteiger partial charge in [-0.15, -0.1) is 12.7 Å². The van der Waals surface area contributed by atoms with Crippen LogP contribution >= 0.6 is 0 Å². The molecule has 5 aromatic rings.